The van der Waals surface area contributed by atoms with Gasteiger partial charge in [-0.1, -0.05) is 30.3 Å². The summed E-state index contributed by atoms with van der Waals surface area (Å²) in [5.74, 6) is 2.09. The van der Waals surface area contributed by atoms with E-state index in [0.717, 1.165) is 25.4 Å². The minimum absolute atomic E-state index is 0.607. The summed E-state index contributed by atoms with van der Waals surface area (Å²) in [6.45, 7) is 2.50. The molecule has 0 bridgehead atoms. The second-order valence-electron chi connectivity index (χ2n) is 5.82. The summed E-state index contributed by atoms with van der Waals surface area (Å²) in [6.07, 6.45) is 0. The highest BCUT2D eigenvalue weighted by Crippen LogP contribution is 2.32. The van der Waals surface area contributed by atoms with E-state index in [0.29, 0.717) is 11.8 Å². The maximum Gasteiger partial charge on any atom is 0.119 e. The van der Waals surface area contributed by atoms with Gasteiger partial charge >= 0.3 is 0 Å². The van der Waals surface area contributed by atoms with Crippen molar-refractivity contribution in [3.63, 3.8) is 0 Å². The third kappa shape index (κ3) is 3.61. The fraction of sp³-hybridized carbons (Fsp3) is 0.300. The number of benzene rings is 3. The lowest BCUT2D eigenvalue weighted by Gasteiger charge is -2.22. The van der Waals surface area contributed by atoms with Crippen molar-refractivity contribution in [3.8, 4) is 5.75 Å². The fourth-order valence-electron chi connectivity index (χ4n) is 3.17. The Labute approximate surface area is 152 Å². The average Bonchev–Trinajstić information content (AvgIpc) is 2.62. The SMILES string of the molecule is COc1ccc2c(CN(CCCl)CCCl)cc3ccccc3c2c1. The van der Waals surface area contributed by atoms with Gasteiger partial charge in [0.2, 0.25) is 0 Å². The number of fused-ring (bicyclic) bond motifs is 3. The van der Waals surface area contributed by atoms with Crippen molar-refractivity contribution in [2.45, 2.75) is 6.54 Å². The van der Waals surface area contributed by atoms with Gasteiger partial charge in [-0.2, -0.15) is 0 Å². The van der Waals surface area contributed by atoms with E-state index in [2.05, 4.69) is 47.4 Å². The van der Waals surface area contributed by atoms with Crippen LogP contribution >= 0.6 is 23.2 Å². The van der Waals surface area contributed by atoms with Gasteiger partial charge in [-0.3, -0.25) is 4.90 Å². The van der Waals surface area contributed by atoms with Gasteiger partial charge in [-0.25, -0.2) is 0 Å². The summed E-state index contributed by atoms with van der Waals surface area (Å²) in [5, 5.41) is 4.96. The van der Waals surface area contributed by atoms with Crippen molar-refractivity contribution in [1.29, 1.82) is 0 Å². The summed E-state index contributed by atoms with van der Waals surface area (Å²) in [4.78, 5) is 2.30. The summed E-state index contributed by atoms with van der Waals surface area (Å²) in [7, 11) is 1.70. The topological polar surface area (TPSA) is 12.5 Å². The van der Waals surface area contributed by atoms with E-state index < -0.39 is 0 Å². The van der Waals surface area contributed by atoms with E-state index in [1.807, 2.05) is 6.07 Å². The highest BCUT2D eigenvalue weighted by atomic mass is 35.5. The van der Waals surface area contributed by atoms with Crippen LogP contribution in [0.25, 0.3) is 21.5 Å². The number of alkyl halides is 2. The minimum Gasteiger partial charge on any atom is -0.497 e. The predicted octanol–water partition coefficient (Wildman–Crippen LogP) is 5.28. The molecule has 4 heteroatoms. The van der Waals surface area contributed by atoms with Crippen molar-refractivity contribution in [1.82, 2.24) is 4.90 Å². The molecule has 0 aromatic heterocycles. The molecule has 0 amide bonds. The molecule has 0 radical (unpaired) electrons. The Hall–Kier alpha value is -1.48. The molecule has 3 aromatic carbocycles. The second-order valence-corrected chi connectivity index (χ2v) is 6.58. The van der Waals surface area contributed by atoms with E-state index >= 15 is 0 Å². The van der Waals surface area contributed by atoms with Gasteiger partial charge in [-0.05, 0) is 45.3 Å². The van der Waals surface area contributed by atoms with Crippen LogP contribution in [-0.4, -0.2) is 36.9 Å². The first-order chi connectivity index (χ1) is 11.8. The van der Waals surface area contributed by atoms with Crippen LogP contribution in [0.1, 0.15) is 5.56 Å². The first kappa shape index (κ1) is 17.3. The van der Waals surface area contributed by atoms with Gasteiger partial charge in [-0.15, -0.1) is 23.2 Å². The summed E-state index contributed by atoms with van der Waals surface area (Å²) < 4.78 is 5.42. The Balaban J connectivity index is 2.14. The number of hydrogen-bond acceptors (Lipinski definition) is 2. The summed E-state index contributed by atoms with van der Waals surface area (Å²) in [5.41, 5.74) is 1.29. The van der Waals surface area contributed by atoms with Gasteiger partial charge < -0.3 is 4.74 Å². The molecule has 24 heavy (non-hydrogen) atoms. The monoisotopic (exact) mass is 361 g/mol. The molecule has 3 aromatic rings. The van der Waals surface area contributed by atoms with Gasteiger partial charge in [0.25, 0.3) is 0 Å². The van der Waals surface area contributed by atoms with Crippen molar-refractivity contribution in [2.24, 2.45) is 0 Å². The highest BCUT2D eigenvalue weighted by molar-refractivity contribution is 6.18. The molecule has 3 rings (SSSR count). The van der Waals surface area contributed by atoms with Crippen molar-refractivity contribution in [2.75, 3.05) is 32.0 Å². The van der Waals surface area contributed by atoms with Crippen molar-refractivity contribution < 1.29 is 4.74 Å². The first-order valence-electron chi connectivity index (χ1n) is 8.09. The Kier molecular flexibility index (Phi) is 5.83. The van der Waals surface area contributed by atoms with Crippen LogP contribution in [0.4, 0.5) is 0 Å². The Bertz CT molecular complexity index is 828. The van der Waals surface area contributed by atoms with Crippen LogP contribution in [0.15, 0.2) is 48.5 Å². The Morgan fingerprint density at radius 2 is 1.62 bits per heavy atom. The molecule has 0 unspecified atom stereocenters. The molecule has 2 nitrogen and oxygen atoms in total. The van der Waals surface area contributed by atoms with Crippen LogP contribution in [0.2, 0.25) is 0 Å². The molecule has 126 valence electrons. The summed E-state index contributed by atoms with van der Waals surface area (Å²) in [6, 6.07) is 17.0. The van der Waals surface area contributed by atoms with Crippen molar-refractivity contribution in [3.05, 3.63) is 54.1 Å². The first-order valence-corrected chi connectivity index (χ1v) is 9.16. The van der Waals surface area contributed by atoms with E-state index in [1.165, 1.54) is 27.1 Å². The quantitative estimate of drug-likeness (QED) is 0.419. The third-order valence-electron chi connectivity index (χ3n) is 4.35. The van der Waals surface area contributed by atoms with Crippen LogP contribution in [0.5, 0.6) is 5.75 Å². The van der Waals surface area contributed by atoms with E-state index in [9.17, 15) is 0 Å². The maximum absolute atomic E-state index is 5.95. The summed E-state index contributed by atoms with van der Waals surface area (Å²) >= 11 is 11.9. The molecular weight excluding hydrogens is 341 g/mol. The molecule has 0 spiro atoms. The largest absolute Gasteiger partial charge is 0.497 e. The predicted molar refractivity (Wildman–Crippen MR) is 105 cm³/mol. The Morgan fingerprint density at radius 3 is 2.33 bits per heavy atom. The standard InChI is InChI=1S/C20H21Cl2NO/c1-24-17-6-7-19-16(14-23(10-8-21)11-9-22)12-15-4-2-3-5-18(15)20(19)13-17/h2-7,12-13H,8-11,14H2,1H3. The van der Waals surface area contributed by atoms with Gasteiger partial charge in [0, 0.05) is 31.4 Å². The van der Waals surface area contributed by atoms with Gasteiger partial charge in [0.05, 0.1) is 7.11 Å². The highest BCUT2D eigenvalue weighted by Gasteiger charge is 2.11. The molecule has 0 fully saturated rings. The number of ether oxygens (including phenoxy) is 1. The lowest BCUT2D eigenvalue weighted by atomic mass is 9.96. The number of methoxy groups -OCH3 is 1. The normalized spacial score (nSPS) is 11.5. The number of nitrogens with zero attached hydrogens (tertiary/aromatic N) is 1. The van der Waals surface area contributed by atoms with Crippen molar-refractivity contribution >= 4 is 44.7 Å². The van der Waals surface area contributed by atoms with E-state index in [-0.39, 0.29) is 0 Å². The smallest absolute Gasteiger partial charge is 0.119 e. The number of rotatable bonds is 7. The molecule has 0 heterocycles. The third-order valence-corrected chi connectivity index (χ3v) is 4.69. The molecule has 0 aliphatic carbocycles. The molecule has 0 N–H and O–H groups in total. The minimum atomic E-state index is 0.607. The van der Waals surface area contributed by atoms with Crippen LogP contribution in [-0.2, 0) is 6.54 Å². The number of halogens is 2. The second kappa shape index (κ2) is 8.06. The molecule has 0 saturated heterocycles. The molecule has 0 aliphatic rings. The lowest BCUT2D eigenvalue weighted by Crippen LogP contribution is -2.27. The van der Waals surface area contributed by atoms with Crippen LogP contribution in [0, 0.1) is 0 Å². The zero-order valence-corrected chi connectivity index (χ0v) is 15.3. The van der Waals surface area contributed by atoms with E-state index in [4.69, 9.17) is 27.9 Å². The average molecular weight is 362 g/mol. The van der Waals surface area contributed by atoms with Gasteiger partial charge in [0.1, 0.15) is 5.75 Å². The molecular formula is C20H21Cl2NO. The van der Waals surface area contributed by atoms with Crippen LogP contribution in [0.3, 0.4) is 0 Å². The zero-order chi connectivity index (χ0) is 16.9. The molecule has 0 atom stereocenters. The maximum atomic E-state index is 5.95. The fourth-order valence-corrected chi connectivity index (χ4v) is 3.65. The zero-order valence-electron chi connectivity index (χ0n) is 13.8. The lowest BCUT2D eigenvalue weighted by molar-refractivity contribution is 0.300. The number of hydrogen-bond donors (Lipinski definition) is 0. The van der Waals surface area contributed by atoms with Crippen LogP contribution < -0.4 is 4.74 Å². The van der Waals surface area contributed by atoms with E-state index in [1.54, 1.807) is 7.11 Å². The molecule has 0 saturated carbocycles. The molecule has 0 aliphatic heterocycles. The Morgan fingerprint density at radius 1 is 0.875 bits per heavy atom. The van der Waals surface area contributed by atoms with Gasteiger partial charge in [0.15, 0.2) is 0 Å².